The Hall–Kier alpha value is -1.83. The monoisotopic (exact) mass is 451 g/mol. The first-order valence-electron chi connectivity index (χ1n) is 12.2. The van der Waals surface area contributed by atoms with Crippen molar-refractivity contribution in [2.75, 3.05) is 20.3 Å². The summed E-state index contributed by atoms with van der Waals surface area (Å²) in [6, 6.07) is 1.24. The molecule has 0 spiro atoms. The van der Waals surface area contributed by atoms with E-state index in [2.05, 4.69) is 12.4 Å². The first kappa shape index (κ1) is 23.3. The molecule has 4 rings (SSSR count). The molecule has 0 aromatic rings. The van der Waals surface area contributed by atoms with E-state index in [0.29, 0.717) is 25.1 Å². The fourth-order valence-electron chi connectivity index (χ4n) is 6.41. The summed E-state index contributed by atoms with van der Waals surface area (Å²) in [6.07, 6.45) is 4.54. The zero-order chi connectivity index (χ0) is 23.5. The van der Waals surface area contributed by atoms with E-state index in [1.807, 2.05) is 0 Å². The fraction of sp³-hybridized carbons (Fsp3) is 0.875. The predicted molar refractivity (Wildman–Crippen MR) is 116 cm³/mol. The van der Waals surface area contributed by atoms with Gasteiger partial charge in [-0.05, 0) is 34.6 Å². The van der Waals surface area contributed by atoms with Gasteiger partial charge in [-0.1, -0.05) is 0 Å². The normalized spacial score (nSPS) is 33.8. The van der Waals surface area contributed by atoms with Crippen LogP contribution in [0.2, 0.25) is 0 Å². The molecule has 0 heterocycles. The standard InChI is InChI=1S/C24H38N2O6/c1-7-30-20(27)18-17-16(26(6,14-9-10-14)15-11-12-15)13-24(19(17)18,21(28)31-8-2)25-22(29)32-23(3,4)5/h14-19H,7-13H2,1-6H3/p+1/t16-,17+,18+,19?,24+/m0/s1. The highest BCUT2D eigenvalue weighted by molar-refractivity contribution is 5.90. The Kier molecular flexibility index (Phi) is 5.75. The summed E-state index contributed by atoms with van der Waals surface area (Å²) in [4.78, 5) is 39.2. The van der Waals surface area contributed by atoms with Crippen molar-refractivity contribution in [1.82, 2.24) is 5.32 Å². The lowest BCUT2D eigenvalue weighted by molar-refractivity contribution is -0.955. The van der Waals surface area contributed by atoms with Crippen LogP contribution in [0.25, 0.3) is 0 Å². The van der Waals surface area contributed by atoms with Gasteiger partial charge in [-0.2, -0.15) is 0 Å². The molecule has 4 aliphatic carbocycles. The highest BCUT2D eigenvalue weighted by Gasteiger charge is 2.81. The Morgan fingerprint density at radius 1 is 1.00 bits per heavy atom. The molecule has 1 N–H and O–H groups in total. The zero-order valence-corrected chi connectivity index (χ0v) is 20.3. The average molecular weight is 452 g/mol. The van der Waals surface area contributed by atoms with E-state index in [4.69, 9.17) is 14.2 Å². The molecule has 32 heavy (non-hydrogen) atoms. The molecule has 180 valence electrons. The number of carbonyl (C=O) groups excluding carboxylic acids is 3. The summed E-state index contributed by atoms with van der Waals surface area (Å²) < 4.78 is 17.3. The fourth-order valence-corrected chi connectivity index (χ4v) is 6.41. The van der Waals surface area contributed by atoms with Gasteiger partial charge in [-0.15, -0.1) is 0 Å². The number of alkyl carbamates (subject to hydrolysis) is 1. The van der Waals surface area contributed by atoms with Gasteiger partial charge in [0.1, 0.15) is 5.60 Å². The van der Waals surface area contributed by atoms with E-state index in [9.17, 15) is 14.4 Å². The number of fused-ring (bicyclic) bond motifs is 1. The highest BCUT2D eigenvalue weighted by Crippen LogP contribution is 2.67. The van der Waals surface area contributed by atoms with Gasteiger partial charge in [0.25, 0.3) is 0 Å². The quantitative estimate of drug-likeness (QED) is 0.347. The van der Waals surface area contributed by atoms with Crippen LogP contribution in [0, 0.1) is 17.8 Å². The third kappa shape index (κ3) is 3.88. The Morgan fingerprint density at radius 2 is 1.56 bits per heavy atom. The lowest BCUT2D eigenvalue weighted by Crippen LogP contribution is -2.62. The molecule has 4 fully saturated rings. The molecule has 0 aromatic heterocycles. The first-order valence-corrected chi connectivity index (χ1v) is 12.2. The molecule has 0 aliphatic heterocycles. The lowest BCUT2D eigenvalue weighted by Gasteiger charge is -2.44. The van der Waals surface area contributed by atoms with Crippen LogP contribution in [0.5, 0.6) is 0 Å². The molecule has 0 saturated heterocycles. The van der Waals surface area contributed by atoms with E-state index in [-0.39, 0.29) is 30.5 Å². The number of ether oxygens (including phenoxy) is 3. The van der Waals surface area contributed by atoms with Crippen LogP contribution in [-0.2, 0) is 23.8 Å². The second kappa shape index (κ2) is 7.89. The third-order valence-electron chi connectivity index (χ3n) is 7.92. The molecule has 5 atom stereocenters. The average Bonchev–Trinajstić information content (AvgIpc) is 3.56. The van der Waals surface area contributed by atoms with Gasteiger partial charge in [0.2, 0.25) is 0 Å². The molecule has 4 aliphatic rings. The number of carbonyl (C=O) groups is 3. The molecule has 1 amide bonds. The van der Waals surface area contributed by atoms with Gasteiger partial charge in [0.15, 0.2) is 5.54 Å². The predicted octanol–water partition coefficient (Wildman–Crippen LogP) is 2.78. The van der Waals surface area contributed by atoms with Crippen LogP contribution in [0.15, 0.2) is 0 Å². The maximum atomic E-state index is 13.4. The van der Waals surface area contributed by atoms with Gasteiger partial charge >= 0.3 is 18.0 Å². The van der Waals surface area contributed by atoms with Crippen LogP contribution in [-0.4, -0.2) is 72.0 Å². The number of amides is 1. The van der Waals surface area contributed by atoms with E-state index >= 15 is 0 Å². The van der Waals surface area contributed by atoms with Crippen LogP contribution in [0.3, 0.4) is 0 Å². The van der Waals surface area contributed by atoms with E-state index in [0.717, 1.165) is 4.48 Å². The molecule has 8 nitrogen and oxygen atoms in total. The van der Waals surface area contributed by atoms with Gasteiger partial charge in [0, 0.05) is 43.9 Å². The summed E-state index contributed by atoms with van der Waals surface area (Å²) >= 11 is 0. The van der Waals surface area contributed by atoms with E-state index in [1.54, 1.807) is 34.6 Å². The maximum absolute atomic E-state index is 13.4. The van der Waals surface area contributed by atoms with Crippen molar-refractivity contribution >= 4 is 18.0 Å². The second-order valence-corrected chi connectivity index (χ2v) is 11.2. The molecule has 1 unspecified atom stereocenters. The minimum atomic E-state index is -1.27. The summed E-state index contributed by atoms with van der Waals surface area (Å²) in [5, 5.41) is 2.92. The Balaban J connectivity index is 1.70. The summed E-state index contributed by atoms with van der Waals surface area (Å²) in [6.45, 7) is 9.42. The Bertz CT molecular complexity index is 772. The van der Waals surface area contributed by atoms with Crippen LogP contribution >= 0.6 is 0 Å². The maximum Gasteiger partial charge on any atom is 0.408 e. The van der Waals surface area contributed by atoms with Gasteiger partial charge in [0.05, 0.1) is 44.3 Å². The van der Waals surface area contributed by atoms with Crippen molar-refractivity contribution in [3.63, 3.8) is 0 Å². The number of nitrogens with zero attached hydrogens (tertiary/aromatic N) is 1. The summed E-state index contributed by atoms with van der Waals surface area (Å²) in [5.74, 6) is -1.46. The number of quaternary nitrogens is 1. The zero-order valence-electron chi connectivity index (χ0n) is 20.3. The Morgan fingerprint density at radius 3 is 2.03 bits per heavy atom. The highest BCUT2D eigenvalue weighted by atomic mass is 16.6. The van der Waals surface area contributed by atoms with Crippen molar-refractivity contribution < 1.29 is 33.1 Å². The minimum absolute atomic E-state index is 0.000377. The number of hydrogen-bond acceptors (Lipinski definition) is 6. The molecule has 8 heteroatoms. The molecule has 0 bridgehead atoms. The molecule has 4 saturated carbocycles. The number of hydrogen-bond donors (Lipinski definition) is 1. The molecular weight excluding hydrogens is 412 g/mol. The third-order valence-corrected chi connectivity index (χ3v) is 7.92. The first-order chi connectivity index (χ1) is 15.0. The van der Waals surface area contributed by atoms with Gasteiger partial charge in [-0.25, -0.2) is 9.59 Å². The van der Waals surface area contributed by atoms with Crippen molar-refractivity contribution in [3.05, 3.63) is 0 Å². The molecular formula is C24H39N2O6+. The van der Waals surface area contributed by atoms with Crippen LogP contribution < -0.4 is 5.32 Å². The second-order valence-electron chi connectivity index (χ2n) is 11.2. The van der Waals surface area contributed by atoms with Crippen LogP contribution in [0.4, 0.5) is 4.79 Å². The smallest absolute Gasteiger partial charge is 0.408 e. The molecule has 0 aromatic carbocycles. The van der Waals surface area contributed by atoms with E-state index < -0.39 is 29.1 Å². The summed E-state index contributed by atoms with van der Waals surface area (Å²) in [5.41, 5.74) is -1.97. The topological polar surface area (TPSA) is 90.9 Å². The number of rotatable bonds is 8. The van der Waals surface area contributed by atoms with Crippen molar-refractivity contribution in [3.8, 4) is 0 Å². The Labute approximate surface area is 190 Å². The van der Waals surface area contributed by atoms with Gasteiger partial charge in [-0.3, -0.25) is 4.79 Å². The molecule has 0 radical (unpaired) electrons. The SMILES string of the molecule is CCOC(=O)[C@H]1C2[C@@H]1[C@@H]([N+](C)(C1CC1)C1CC1)C[C@]2(NC(=O)OC(C)(C)C)C(=O)OCC. The van der Waals surface area contributed by atoms with Crippen molar-refractivity contribution in [2.45, 2.75) is 96.0 Å². The number of esters is 2. The van der Waals surface area contributed by atoms with Gasteiger partial charge < -0.3 is 24.0 Å². The van der Waals surface area contributed by atoms with Crippen LogP contribution in [0.1, 0.15) is 66.7 Å². The lowest BCUT2D eigenvalue weighted by atomic mass is 9.87. The van der Waals surface area contributed by atoms with E-state index in [1.165, 1.54) is 25.7 Å². The van der Waals surface area contributed by atoms with Crippen molar-refractivity contribution in [2.24, 2.45) is 17.8 Å². The summed E-state index contributed by atoms with van der Waals surface area (Å²) in [7, 11) is 2.30. The van der Waals surface area contributed by atoms with Crippen molar-refractivity contribution in [1.29, 1.82) is 0 Å². The largest absolute Gasteiger partial charge is 0.466 e. The minimum Gasteiger partial charge on any atom is -0.466 e. The number of nitrogens with one attached hydrogen (secondary N) is 1.